The Morgan fingerprint density at radius 1 is 1.41 bits per heavy atom. The standard InChI is InChI=1S/C17H19ClN2O2/c1-4-22-17(21)13-7-11(13)10-5-6-15(20(2)3)14-9-19-16(18)8-12(10)14/h5-6,8-9,11,13H,4,7H2,1-3H3. The van der Waals surface area contributed by atoms with Gasteiger partial charge < -0.3 is 9.64 Å². The molecule has 3 rings (SSSR count). The van der Waals surface area contributed by atoms with Crippen LogP contribution in [-0.2, 0) is 9.53 Å². The van der Waals surface area contributed by atoms with Crippen LogP contribution in [0.1, 0.15) is 24.8 Å². The maximum atomic E-state index is 11.9. The predicted molar refractivity (Wildman–Crippen MR) is 88.6 cm³/mol. The molecule has 1 heterocycles. The molecule has 0 aliphatic heterocycles. The Morgan fingerprint density at radius 2 is 2.18 bits per heavy atom. The average molecular weight is 319 g/mol. The quantitative estimate of drug-likeness (QED) is 0.638. The molecular weight excluding hydrogens is 300 g/mol. The van der Waals surface area contributed by atoms with Gasteiger partial charge in [-0.1, -0.05) is 17.7 Å². The first-order valence-electron chi connectivity index (χ1n) is 7.45. The van der Waals surface area contributed by atoms with Gasteiger partial charge in [0.05, 0.1) is 12.5 Å². The second-order valence-corrected chi connectivity index (χ2v) is 6.21. The highest BCUT2D eigenvalue weighted by atomic mass is 35.5. The number of ether oxygens (including phenoxy) is 1. The molecule has 0 N–H and O–H groups in total. The van der Waals surface area contributed by atoms with Crippen LogP contribution < -0.4 is 4.90 Å². The fourth-order valence-corrected chi connectivity index (χ4v) is 3.14. The molecule has 2 atom stereocenters. The minimum atomic E-state index is -0.0995. The largest absolute Gasteiger partial charge is 0.466 e. The van der Waals surface area contributed by atoms with Crippen LogP contribution in [0.2, 0.25) is 5.15 Å². The first kappa shape index (κ1) is 15.1. The van der Waals surface area contributed by atoms with E-state index in [1.807, 2.05) is 27.1 Å². The van der Waals surface area contributed by atoms with E-state index in [-0.39, 0.29) is 17.8 Å². The molecule has 0 radical (unpaired) electrons. The monoisotopic (exact) mass is 318 g/mol. The van der Waals surface area contributed by atoms with Crippen LogP contribution in [0, 0.1) is 5.92 Å². The number of benzene rings is 1. The maximum absolute atomic E-state index is 11.9. The average Bonchev–Trinajstić information content (AvgIpc) is 3.26. The van der Waals surface area contributed by atoms with Crippen molar-refractivity contribution in [2.75, 3.05) is 25.6 Å². The minimum absolute atomic E-state index is 0.0275. The van der Waals surface area contributed by atoms with Gasteiger partial charge in [0, 0.05) is 31.4 Å². The van der Waals surface area contributed by atoms with Gasteiger partial charge in [-0.05, 0) is 42.3 Å². The molecule has 0 bridgehead atoms. The van der Waals surface area contributed by atoms with Crippen molar-refractivity contribution < 1.29 is 9.53 Å². The number of hydrogen-bond donors (Lipinski definition) is 0. The molecule has 4 nitrogen and oxygen atoms in total. The van der Waals surface area contributed by atoms with E-state index in [0.29, 0.717) is 11.8 Å². The van der Waals surface area contributed by atoms with Crippen molar-refractivity contribution in [2.45, 2.75) is 19.3 Å². The molecule has 1 saturated carbocycles. The Labute approximate surface area is 135 Å². The van der Waals surface area contributed by atoms with Crippen molar-refractivity contribution in [3.63, 3.8) is 0 Å². The summed E-state index contributed by atoms with van der Waals surface area (Å²) in [6, 6.07) is 6.06. The van der Waals surface area contributed by atoms with Gasteiger partial charge in [-0.2, -0.15) is 0 Å². The molecular formula is C17H19ClN2O2. The number of aromatic nitrogens is 1. The van der Waals surface area contributed by atoms with E-state index in [1.54, 1.807) is 6.20 Å². The Bertz CT molecular complexity index is 730. The Hall–Kier alpha value is -1.81. The van der Waals surface area contributed by atoms with Gasteiger partial charge >= 0.3 is 5.97 Å². The summed E-state index contributed by atoms with van der Waals surface area (Å²) in [5.74, 6) is 0.0917. The Balaban J connectivity index is 2.03. The van der Waals surface area contributed by atoms with E-state index in [9.17, 15) is 4.79 Å². The molecule has 116 valence electrons. The highest BCUT2D eigenvalue weighted by Gasteiger charge is 2.45. The minimum Gasteiger partial charge on any atom is -0.466 e. The summed E-state index contributed by atoms with van der Waals surface area (Å²) < 4.78 is 5.13. The molecule has 2 unspecified atom stereocenters. The van der Waals surface area contributed by atoms with Gasteiger partial charge in [0.25, 0.3) is 0 Å². The van der Waals surface area contributed by atoms with E-state index in [1.165, 1.54) is 0 Å². The second kappa shape index (κ2) is 5.76. The van der Waals surface area contributed by atoms with Crippen molar-refractivity contribution in [3.05, 3.63) is 35.1 Å². The predicted octanol–water partition coefficient (Wildman–Crippen LogP) is 3.62. The van der Waals surface area contributed by atoms with Crippen LogP contribution in [-0.4, -0.2) is 31.7 Å². The lowest BCUT2D eigenvalue weighted by Gasteiger charge is -2.17. The lowest BCUT2D eigenvalue weighted by molar-refractivity contribution is -0.144. The van der Waals surface area contributed by atoms with Gasteiger partial charge in [0.1, 0.15) is 5.15 Å². The molecule has 1 aliphatic carbocycles. The number of hydrogen-bond acceptors (Lipinski definition) is 4. The van der Waals surface area contributed by atoms with E-state index in [0.717, 1.165) is 28.4 Å². The van der Waals surface area contributed by atoms with Gasteiger partial charge in [-0.15, -0.1) is 0 Å². The number of pyridine rings is 1. The summed E-state index contributed by atoms with van der Waals surface area (Å²) in [6.45, 7) is 2.26. The highest BCUT2D eigenvalue weighted by molar-refractivity contribution is 6.30. The van der Waals surface area contributed by atoms with Gasteiger partial charge in [0.2, 0.25) is 0 Å². The van der Waals surface area contributed by atoms with Gasteiger partial charge in [0.15, 0.2) is 0 Å². The van der Waals surface area contributed by atoms with Crippen LogP contribution in [0.15, 0.2) is 24.4 Å². The normalized spacial score (nSPS) is 20.0. The van der Waals surface area contributed by atoms with Gasteiger partial charge in [-0.25, -0.2) is 4.98 Å². The zero-order chi connectivity index (χ0) is 15.9. The summed E-state index contributed by atoms with van der Waals surface area (Å²) in [7, 11) is 4.00. The van der Waals surface area contributed by atoms with Crippen molar-refractivity contribution >= 4 is 34.0 Å². The van der Waals surface area contributed by atoms with Crippen LogP contribution >= 0.6 is 11.6 Å². The first-order chi connectivity index (χ1) is 10.5. The van der Waals surface area contributed by atoms with Crippen molar-refractivity contribution in [1.82, 2.24) is 4.98 Å². The van der Waals surface area contributed by atoms with Gasteiger partial charge in [-0.3, -0.25) is 4.79 Å². The third kappa shape index (κ3) is 2.63. The molecule has 1 aromatic carbocycles. The van der Waals surface area contributed by atoms with E-state index in [4.69, 9.17) is 16.3 Å². The molecule has 2 aromatic rings. The molecule has 0 saturated heterocycles. The Morgan fingerprint density at radius 3 is 2.86 bits per heavy atom. The van der Waals surface area contributed by atoms with E-state index < -0.39 is 0 Å². The number of anilines is 1. The first-order valence-corrected chi connectivity index (χ1v) is 7.82. The number of esters is 1. The second-order valence-electron chi connectivity index (χ2n) is 5.82. The van der Waals surface area contributed by atoms with Crippen LogP contribution in [0.3, 0.4) is 0 Å². The third-order valence-electron chi connectivity index (χ3n) is 4.14. The zero-order valence-electron chi connectivity index (χ0n) is 13.0. The topological polar surface area (TPSA) is 42.4 Å². The van der Waals surface area contributed by atoms with Crippen molar-refractivity contribution in [2.24, 2.45) is 5.92 Å². The summed E-state index contributed by atoms with van der Waals surface area (Å²) in [4.78, 5) is 18.2. The van der Waals surface area contributed by atoms with E-state index in [2.05, 4.69) is 22.0 Å². The lowest BCUT2D eigenvalue weighted by atomic mass is 10.00. The van der Waals surface area contributed by atoms with Crippen LogP contribution in [0.4, 0.5) is 5.69 Å². The highest BCUT2D eigenvalue weighted by Crippen LogP contribution is 2.51. The SMILES string of the molecule is CCOC(=O)C1CC1c1ccc(N(C)C)c2cnc(Cl)cc12. The summed E-state index contributed by atoms with van der Waals surface area (Å²) >= 11 is 6.08. The third-order valence-corrected chi connectivity index (χ3v) is 4.35. The fourth-order valence-electron chi connectivity index (χ4n) is 2.98. The molecule has 1 fully saturated rings. The molecule has 1 aromatic heterocycles. The molecule has 1 aliphatic rings. The summed E-state index contributed by atoms with van der Waals surface area (Å²) in [5.41, 5.74) is 2.25. The lowest BCUT2D eigenvalue weighted by Crippen LogP contribution is -2.10. The summed E-state index contributed by atoms with van der Waals surface area (Å²) in [5, 5.41) is 2.60. The number of rotatable bonds is 4. The fraction of sp³-hybridized carbons (Fsp3) is 0.412. The number of carbonyl (C=O) groups excluding carboxylic acids is 1. The number of fused-ring (bicyclic) bond motifs is 1. The maximum Gasteiger partial charge on any atom is 0.309 e. The van der Waals surface area contributed by atoms with Crippen molar-refractivity contribution in [3.8, 4) is 0 Å². The smallest absolute Gasteiger partial charge is 0.309 e. The van der Waals surface area contributed by atoms with Crippen molar-refractivity contribution in [1.29, 1.82) is 0 Å². The Kier molecular flexibility index (Phi) is 3.96. The summed E-state index contributed by atoms with van der Waals surface area (Å²) in [6.07, 6.45) is 2.65. The molecule has 0 amide bonds. The van der Waals surface area contributed by atoms with Crippen LogP contribution in [0.5, 0.6) is 0 Å². The number of nitrogens with zero attached hydrogens (tertiary/aromatic N) is 2. The van der Waals surface area contributed by atoms with Crippen LogP contribution in [0.25, 0.3) is 10.8 Å². The zero-order valence-corrected chi connectivity index (χ0v) is 13.7. The molecule has 22 heavy (non-hydrogen) atoms. The van der Waals surface area contributed by atoms with E-state index >= 15 is 0 Å². The molecule has 0 spiro atoms. The number of carbonyl (C=O) groups is 1. The molecule has 5 heteroatoms. The number of halogens is 1.